The molecule has 0 aliphatic heterocycles. The molecular formula is C9H16N4O. The molecular weight excluding hydrogens is 180 g/mol. The van der Waals surface area contributed by atoms with Crippen LogP contribution < -0.4 is 15.8 Å². The third-order valence-electron chi connectivity index (χ3n) is 1.98. The van der Waals surface area contributed by atoms with E-state index in [4.69, 9.17) is 0 Å². The van der Waals surface area contributed by atoms with Gasteiger partial charge in [0, 0.05) is 19.7 Å². The minimum Gasteiger partial charge on any atom is -0.359 e. The third kappa shape index (κ3) is 3.18. The number of nitrogens with zero attached hydrogens (tertiary/aromatic N) is 2. The number of aromatic nitrogens is 2. The number of aromatic amines is 1. The second kappa shape index (κ2) is 5.39. The molecule has 1 aromatic heterocycles. The van der Waals surface area contributed by atoms with Gasteiger partial charge in [0.25, 0.3) is 5.56 Å². The Hall–Kier alpha value is -1.36. The maximum absolute atomic E-state index is 11.0. The molecule has 0 aliphatic carbocycles. The summed E-state index contributed by atoms with van der Waals surface area (Å²) in [6.45, 7) is 1.85. The number of rotatable bonds is 5. The van der Waals surface area contributed by atoms with E-state index in [1.807, 2.05) is 19.0 Å². The van der Waals surface area contributed by atoms with Gasteiger partial charge in [0.15, 0.2) is 0 Å². The molecule has 5 heteroatoms. The van der Waals surface area contributed by atoms with Crippen molar-refractivity contribution in [2.75, 3.05) is 32.1 Å². The Kier molecular flexibility index (Phi) is 4.12. The predicted octanol–water partition coefficient (Wildman–Crippen LogP) is -0.184. The number of hydrogen-bond acceptors (Lipinski definition) is 4. The van der Waals surface area contributed by atoms with Crippen molar-refractivity contribution in [1.82, 2.24) is 15.3 Å². The zero-order valence-electron chi connectivity index (χ0n) is 8.58. The Bertz CT molecular complexity index is 323. The summed E-state index contributed by atoms with van der Waals surface area (Å²) in [5.41, 5.74) is -0.115. The summed E-state index contributed by atoms with van der Waals surface area (Å²) >= 11 is 0. The van der Waals surface area contributed by atoms with Crippen LogP contribution in [0.1, 0.15) is 6.42 Å². The van der Waals surface area contributed by atoms with Crippen molar-refractivity contribution < 1.29 is 0 Å². The molecule has 0 amide bonds. The van der Waals surface area contributed by atoms with Crippen molar-refractivity contribution in [3.8, 4) is 0 Å². The first kappa shape index (κ1) is 10.7. The standard InChI is InChI=1S/C9H16N4O/c1-10-4-3-5-13(2)8-6-9(14)12-7-11-8/h6-7,10H,3-5H2,1-2H3,(H,11,12,14). The Morgan fingerprint density at radius 2 is 2.43 bits per heavy atom. The van der Waals surface area contributed by atoms with Gasteiger partial charge in [0.1, 0.15) is 5.82 Å². The zero-order chi connectivity index (χ0) is 10.4. The summed E-state index contributed by atoms with van der Waals surface area (Å²) < 4.78 is 0. The molecule has 0 unspecified atom stereocenters. The summed E-state index contributed by atoms with van der Waals surface area (Å²) in [7, 11) is 3.85. The van der Waals surface area contributed by atoms with Gasteiger partial charge in [-0.3, -0.25) is 4.79 Å². The lowest BCUT2D eigenvalue weighted by molar-refractivity contribution is 0.708. The number of nitrogens with one attached hydrogen (secondary N) is 2. The normalized spacial score (nSPS) is 10.1. The number of hydrogen-bond donors (Lipinski definition) is 2. The highest BCUT2D eigenvalue weighted by atomic mass is 16.1. The Morgan fingerprint density at radius 1 is 1.64 bits per heavy atom. The molecule has 0 radical (unpaired) electrons. The van der Waals surface area contributed by atoms with Crippen LogP contribution in [0.2, 0.25) is 0 Å². The molecule has 1 heterocycles. The van der Waals surface area contributed by atoms with Gasteiger partial charge in [-0.05, 0) is 20.0 Å². The molecule has 2 N–H and O–H groups in total. The van der Waals surface area contributed by atoms with Crippen LogP contribution in [0.3, 0.4) is 0 Å². The first-order valence-corrected chi connectivity index (χ1v) is 4.64. The molecule has 1 rings (SSSR count). The first-order chi connectivity index (χ1) is 6.74. The van der Waals surface area contributed by atoms with Gasteiger partial charge >= 0.3 is 0 Å². The Balaban J connectivity index is 2.51. The lowest BCUT2D eigenvalue weighted by Crippen LogP contribution is -2.24. The van der Waals surface area contributed by atoms with E-state index in [2.05, 4.69) is 15.3 Å². The van der Waals surface area contributed by atoms with E-state index in [0.29, 0.717) is 5.82 Å². The molecule has 0 saturated heterocycles. The highest BCUT2D eigenvalue weighted by Crippen LogP contribution is 2.02. The fourth-order valence-corrected chi connectivity index (χ4v) is 1.17. The van der Waals surface area contributed by atoms with E-state index in [9.17, 15) is 4.79 Å². The lowest BCUT2D eigenvalue weighted by atomic mass is 10.4. The van der Waals surface area contributed by atoms with Crippen molar-refractivity contribution in [1.29, 1.82) is 0 Å². The van der Waals surface area contributed by atoms with Crippen LogP contribution in [0.25, 0.3) is 0 Å². The number of H-pyrrole nitrogens is 1. The molecule has 78 valence electrons. The molecule has 0 aliphatic rings. The van der Waals surface area contributed by atoms with Gasteiger partial charge in [-0.1, -0.05) is 0 Å². The molecule has 0 atom stereocenters. The summed E-state index contributed by atoms with van der Waals surface area (Å²) in [5, 5.41) is 3.07. The van der Waals surface area contributed by atoms with Crippen LogP contribution >= 0.6 is 0 Å². The summed E-state index contributed by atoms with van der Waals surface area (Å²) in [6.07, 6.45) is 2.45. The minimum atomic E-state index is -0.115. The van der Waals surface area contributed by atoms with Gasteiger partial charge < -0.3 is 15.2 Å². The Morgan fingerprint density at radius 3 is 3.07 bits per heavy atom. The van der Waals surface area contributed by atoms with Gasteiger partial charge in [-0.25, -0.2) is 4.98 Å². The van der Waals surface area contributed by atoms with Crippen molar-refractivity contribution >= 4 is 5.82 Å². The average Bonchev–Trinajstić information content (AvgIpc) is 2.18. The fraction of sp³-hybridized carbons (Fsp3) is 0.556. The van der Waals surface area contributed by atoms with Gasteiger partial charge in [-0.15, -0.1) is 0 Å². The van der Waals surface area contributed by atoms with E-state index in [0.717, 1.165) is 19.5 Å². The molecule has 14 heavy (non-hydrogen) atoms. The molecule has 1 aromatic rings. The third-order valence-corrected chi connectivity index (χ3v) is 1.98. The lowest BCUT2D eigenvalue weighted by Gasteiger charge is -2.16. The van der Waals surface area contributed by atoms with Crippen LogP contribution in [0.4, 0.5) is 5.82 Å². The van der Waals surface area contributed by atoms with Crippen molar-refractivity contribution in [2.24, 2.45) is 0 Å². The fourth-order valence-electron chi connectivity index (χ4n) is 1.17. The van der Waals surface area contributed by atoms with E-state index in [1.165, 1.54) is 12.4 Å². The Labute approximate surface area is 83.2 Å². The van der Waals surface area contributed by atoms with Crippen LogP contribution in [-0.2, 0) is 0 Å². The predicted molar refractivity (Wildman–Crippen MR) is 56.7 cm³/mol. The monoisotopic (exact) mass is 196 g/mol. The second-order valence-electron chi connectivity index (χ2n) is 3.15. The molecule has 5 nitrogen and oxygen atoms in total. The molecule has 0 saturated carbocycles. The van der Waals surface area contributed by atoms with Crippen LogP contribution in [-0.4, -0.2) is 37.2 Å². The van der Waals surface area contributed by atoms with Crippen molar-refractivity contribution in [3.05, 3.63) is 22.7 Å². The maximum atomic E-state index is 11.0. The van der Waals surface area contributed by atoms with E-state index >= 15 is 0 Å². The van der Waals surface area contributed by atoms with Gasteiger partial charge in [0.2, 0.25) is 0 Å². The quantitative estimate of drug-likeness (QED) is 0.641. The molecule has 0 fully saturated rings. The topological polar surface area (TPSA) is 61.0 Å². The molecule has 0 bridgehead atoms. The van der Waals surface area contributed by atoms with Gasteiger partial charge in [-0.2, -0.15) is 0 Å². The van der Waals surface area contributed by atoms with Crippen LogP contribution in [0.15, 0.2) is 17.2 Å². The summed E-state index contributed by atoms with van der Waals surface area (Å²) in [5.74, 6) is 0.713. The molecule has 0 spiro atoms. The average molecular weight is 196 g/mol. The minimum absolute atomic E-state index is 0.115. The largest absolute Gasteiger partial charge is 0.359 e. The smallest absolute Gasteiger partial charge is 0.252 e. The first-order valence-electron chi connectivity index (χ1n) is 4.64. The number of anilines is 1. The highest BCUT2D eigenvalue weighted by molar-refractivity contribution is 5.34. The van der Waals surface area contributed by atoms with Crippen LogP contribution in [0, 0.1) is 0 Å². The van der Waals surface area contributed by atoms with E-state index in [-0.39, 0.29) is 5.56 Å². The van der Waals surface area contributed by atoms with Crippen molar-refractivity contribution in [2.45, 2.75) is 6.42 Å². The maximum Gasteiger partial charge on any atom is 0.252 e. The van der Waals surface area contributed by atoms with Crippen LogP contribution in [0.5, 0.6) is 0 Å². The van der Waals surface area contributed by atoms with Crippen molar-refractivity contribution in [3.63, 3.8) is 0 Å². The SMILES string of the molecule is CNCCCN(C)c1cc(=O)[nH]cn1. The zero-order valence-corrected chi connectivity index (χ0v) is 8.58. The summed E-state index contributed by atoms with van der Waals surface area (Å²) in [4.78, 5) is 19.5. The van der Waals surface area contributed by atoms with E-state index < -0.39 is 0 Å². The molecule has 0 aromatic carbocycles. The summed E-state index contributed by atoms with van der Waals surface area (Å²) in [6, 6.07) is 1.50. The second-order valence-corrected chi connectivity index (χ2v) is 3.15. The van der Waals surface area contributed by atoms with Gasteiger partial charge in [0.05, 0.1) is 6.33 Å². The highest BCUT2D eigenvalue weighted by Gasteiger charge is 2.01. The van der Waals surface area contributed by atoms with E-state index in [1.54, 1.807) is 0 Å².